The molecule has 0 aliphatic rings. The van der Waals surface area contributed by atoms with Crippen LogP contribution in [-0.2, 0) is 0 Å². The summed E-state index contributed by atoms with van der Waals surface area (Å²) in [6.45, 7) is 0. The zero-order valence-corrected chi connectivity index (χ0v) is 29.9. The van der Waals surface area contributed by atoms with Crippen LogP contribution in [0.3, 0.4) is 0 Å². The highest BCUT2D eigenvalue weighted by Gasteiger charge is 2.19. The first kappa shape index (κ1) is 31.2. The van der Waals surface area contributed by atoms with Crippen LogP contribution in [0.2, 0.25) is 0 Å². The van der Waals surface area contributed by atoms with Crippen LogP contribution in [0.25, 0.3) is 82.5 Å². The summed E-state index contributed by atoms with van der Waals surface area (Å²) >= 11 is 0. The molecule has 11 rings (SSSR count). The topological polar surface area (TPSA) is 21.3 Å². The zero-order valence-electron chi connectivity index (χ0n) is 29.9. The van der Waals surface area contributed by atoms with Crippen molar-refractivity contribution < 1.29 is 4.42 Å². The Morgan fingerprint density at radius 3 is 1.69 bits per heavy atom. The van der Waals surface area contributed by atoms with Crippen molar-refractivity contribution in [3.05, 3.63) is 206 Å². The van der Waals surface area contributed by atoms with Crippen LogP contribution in [0.15, 0.2) is 211 Å². The highest BCUT2D eigenvalue weighted by Crippen LogP contribution is 2.42. The molecule has 0 N–H and O–H groups in total. The predicted octanol–water partition coefficient (Wildman–Crippen LogP) is 14.6. The zero-order chi connectivity index (χ0) is 36.3. The molecule has 0 aliphatic heterocycles. The van der Waals surface area contributed by atoms with Gasteiger partial charge in [-0.25, -0.2) is 0 Å². The number of hydrogen-bond acceptors (Lipinski definition) is 2. The summed E-state index contributed by atoms with van der Waals surface area (Å²) in [5.74, 6) is 0. The Balaban J connectivity index is 1.10. The van der Waals surface area contributed by atoms with Crippen molar-refractivity contribution in [2.75, 3.05) is 4.90 Å². The number of fused-ring (bicyclic) bond motifs is 7. The maximum Gasteiger partial charge on any atom is 0.135 e. The van der Waals surface area contributed by atoms with E-state index in [2.05, 4.69) is 204 Å². The van der Waals surface area contributed by atoms with Crippen LogP contribution in [0.1, 0.15) is 0 Å². The van der Waals surface area contributed by atoms with Gasteiger partial charge in [-0.05, 0) is 112 Å². The molecule has 0 amide bonds. The monoisotopic (exact) mass is 702 g/mol. The second-order valence-corrected chi connectivity index (χ2v) is 14.2. The summed E-state index contributed by atoms with van der Waals surface area (Å²) in [5, 5.41) is 7.19. The van der Waals surface area contributed by atoms with E-state index in [-0.39, 0.29) is 0 Å². The number of furan rings is 1. The Morgan fingerprint density at radius 1 is 0.327 bits per heavy atom. The van der Waals surface area contributed by atoms with E-state index in [0.29, 0.717) is 0 Å². The van der Waals surface area contributed by atoms with Crippen LogP contribution in [-0.4, -0.2) is 4.57 Å². The summed E-state index contributed by atoms with van der Waals surface area (Å²) in [4.78, 5) is 2.36. The number of benzene rings is 9. The van der Waals surface area contributed by atoms with Gasteiger partial charge in [-0.1, -0.05) is 127 Å². The fourth-order valence-electron chi connectivity index (χ4n) is 8.32. The molecule has 3 heteroatoms. The number of para-hydroxylation sites is 2. The Kier molecular flexibility index (Phi) is 7.17. The third kappa shape index (κ3) is 5.28. The molecule has 0 aliphatic carbocycles. The molecular weight excluding hydrogens is 669 g/mol. The summed E-state index contributed by atoms with van der Waals surface area (Å²) < 4.78 is 8.67. The normalized spacial score (nSPS) is 11.6. The molecule has 0 saturated carbocycles. The van der Waals surface area contributed by atoms with Crippen LogP contribution in [0, 0.1) is 0 Å². The Hall–Kier alpha value is -7.36. The highest BCUT2D eigenvalue weighted by atomic mass is 16.3. The molecule has 2 aromatic heterocycles. The number of nitrogens with zero attached hydrogens (tertiary/aromatic N) is 2. The first-order valence-electron chi connectivity index (χ1n) is 18.7. The van der Waals surface area contributed by atoms with Crippen molar-refractivity contribution in [2.24, 2.45) is 0 Å². The molecule has 55 heavy (non-hydrogen) atoms. The minimum atomic E-state index is 0.881. The predicted molar refractivity (Wildman–Crippen MR) is 231 cm³/mol. The van der Waals surface area contributed by atoms with Crippen molar-refractivity contribution in [1.82, 2.24) is 4.57 Å². The van der Waals surface area contributed by atoms with Crippen molar-refractivity contribution in [2.45, 2.75) is 0 Å². The maximum absolute atomic E-state index is 6.25. The number of anilines is 3. The number of hydrogen-bond donors (Lipinski definition) is 0. The summed E-state index contributed by atoms with van der Waals surface area (Å²) in [7, 11) is 0. The molecule has 0 fully saturated rings. The van der Waals surface area contributed by atoms with Crippen LogP contribution in [0.5, 0.6) is 0 Å². The minimum Gasteiger partial charge on any atom is -0.456 e. The van der Waals surface area contributed by atoms with Crippen molar-refractivity contribution in [3.63, 3.8) is 0 Å². The number of rotatable bonds is 6. The van der Waals surface area contributed by atoms with Gasteiger partial charge in [-0.15, -0.1) is 0 Å². The first-order chi connectivity index (χ1) is 27.2. The van der Waals surface area contributed by atoms with Crippen molar-refractivity contribution in [1.29, 1.82) is 0 Å². The van der Waals surface area contributed by atoms with E-state index in [9.17, 15) is 0 Å². The average molecular weight is 703 g/mol. The summed E-state index contributed by atoms with van der Waals surface area (Å²) in [5.41, 5.74) is 13.2. The molecule has 2 heterocycles. The SMILES string of the molecule is c1ccc(-c2cccc(N(c3cccc(-c4ccc5c6cc7ccccc7cc6n(-c6ccccc6)c5c4)c3)c3ccc4oc5ccccc5c4c3)c2)cc1. The van der Waals surface area contributed by atoms with E-state index in [4.69, 9.17) is 4.42 Å². The Labute approximate surface area is 318 Å². The Bertz CT molecular complexity index is 3210. The van der Waals surface area contributed by atoms with Gasteiger partial charge in [-0.2, -0.15) is 0 Å². The van der Waals surface area contributed by atoms with Gasteiger partial charge < -0.3 is 13.9 Å². The lowest BCUT2D eigenvalue weighted by atomic mass is 10.0. The smallest absolute Gasteiger partial charge is 0.135 e. The lowest BCUT2D eigenvalue weighted by Crippen LogP contribution is -2.10. The molecule has 0 bridgehead atoms. The van der Waals surface area contributed by atoms with E-state index in [0.717, 1.165) is 55.8 Å². The maximum atomic E-state index is 6.25. The molecule has 0 unspecified atom stereocenters. The lowest BCUT2D eigenvalue weighted by Gasteiger charge is -2.26. The summed E-state index contributed by atoms with van der Waals surface area (Å²) in [6, 6.07) is 74.1. The Morgan fingerprint density at radius 2 is 0.909 bits per heavy atom. The lowest BCUT2D eigenvalue weighted by molar-refractivity contribution is 0.669. The largest absolute Gasteiger partial charge is 0.456 e. The average Bonchev–Trinajstić information content (AvgIpc) is 3.78. The molecule has 0 spiro atoms. The van der Waals surface area contributed by atoms with Gasteiger partial charge >= 0.3 is 0 Å². The second-order valence-electron chi connectivity index (χ2n) is 14.2. The van der Waals surface area contributed by atoms with Gasteiger partial charge in [0.15, 0.2) is 0 Å². The molecule has 0 saturated heterocycles. The fraction of sp³-hybridized carbons (Fsp3) is 0. The quantitative estimate of drug-likeness (QED) is 0.172. The molecule has 9 aromatic carbocycles. The third-order valence-corrected chi connectivity index (χ3v) is 10.9. The van der Waals surface area contributed by atoms with Gasteiger partial charge in [-0.3, -0.25) is 0 Å². The van der Waals surface area contributed by atoms with Gasteiger partial charge in [0, 0.05) is 44.3 Å². The molecule has 0 radical (unpaired) electrons. The van der Waals surface area contributed by atoms with Crippen molar-refractivity contribution >= 4 is 71.6 Å². The van der Waals surface area contributed by atoms with E-state index >= 15 is 0 Å². The molecular formula is C52H34N2O. The number of aromatic nitrogens is 1. The van der Waals surface area contributed by atoms with Gasteiger partial charge in [0.05, 0.1) is 11.0 Å². The highest BCUT2D eigenvalue weighted by molar-refractivity contribution is 6.14. The summed E-state index contributed by atoms with van der Waals surface area (Å²) in [6.07, 6.45) is 0. The molecule has 0 atom stereocenters. The van der Waals surface area contributed by atoms with E-state index in [1.165, 1.54) is 43.7 Å². The molecule has 258 valence electrons. The van der Waals surface area contributed by atoms with Crippen LogP contribution in [0.4, 0.5) is 17.1 Å². The van der Waals surface area contributed by atoms with Gasteiger partial charge in [0.25, 0.3) is 0 Å². The van der Waals surface area contributed by atoms with E-state index in [1.807, 2.05) is 12.1 Å². The van der Waals surface area contributed by atoms with Crippen molar-refractivity contribution in [3.8, 4) is 27.9 Å². The van der Waals surface area contributed by atoms with Gasteiger partial charge in [0.1, 0.15) is 11.2 Å². The standard InChI is InChI=1S/C52H34N2O/c1-3-13-35(14-4-1)36-17-11-21-42(29-36)53(44-26-28-52-48(34-44)46-23-9-10-24-51(46)55-52)43-22-12-18-37(30-43)40-25-27-45-47-31-38-15-7-8-16-39(38)32-50(47)54(49(45)33-40)41-19-5-2-6-20-41/h1-34H. The fourth-order valence-corrected chi connectivity index (χ4v) is 8.32. The first-order valence-corrected chi connectivity index (χ1v) is 18.7. The van der Waals surface area contributed by atoms with E-state index in [1.54, 1.807) is 0 Å². The van der Waals surface area contributed by atoms with Crippen LogP contribution >= 0.6 is 0 Å². The molecule has 11 aromatic rings. The second kappa shape index (κ2) is 12.6. The third-order valence-electron chi connectivity index (χ3n) is 10.9. The minimum absolute atomic E-state index is 0.881. The molecule has 3 nitrogen and oxygen atoms in total. The van der Waals surface area contributed by atoms with Crippen LogP contribution < -0.4 is 4.90 Å². The van der Waals surface area contributed by atoms with Gasteiger partial charge in [0.2, 0.25) is 0 Å². The van der Waals surface area contributed by atoms with E-state index < -0.39 is 0 Å².